The van der Waals surface area contributed by atoms with Crippen molar-refractivity contribution in [2.75, 3.05) is 0 Å². The fraction of sp³-hybridized carbons (Fsp3) is 0.421. The van der Waals surface area contributed by atoms with Gasteiger partial charge in [0.1, 0.15) is 5.76 Å². The molecule has 1 aromatic heterocycles. The van der Waals surface area contributed by atoms with Crippen LogP contribution in [-0.4, -0.2) is 23.1 Å². The third kappa shape index (κ3) is 5.45. The van der Waals surface area contributed by atoms with Crippen molar-refractivity contribution < 1.29 is 18.8 Å². The van der Waals surface area contributed by atoms with Crippen molar-refractivity contribution in [3.05, 3.63) is 52.4 Å². The normalized spacial score (nSPS) is 11.8. The predicted octanol–water partition coefficient (Wildman–Crippen LogP) is 2.78. The molecule has 2 rings (SSSR count). The van der Waals surface area contributed by atoms with E-state index in [1.807, 2.05) is 45.0 Å². The van der Waals surface area contributed by atoms with Crippen LogP contribution in [0.2, 0.25) is 0 Å². The number of hydrogen-bond donors (Lipinski definition) is 1. The first-order chi connectivity index (χ1) is 11.9. The first kappa shape index (κ1) is 18.7. The van der Waals surface area contributed by atoms with Crippen LogP contribution in [0.5, 0.6) is 0 Å². The van der Waals surface area contributed by atoms with E-state index in [0.29, 0.717) is 18.7 Å². The van der Waals surface area contributed by atoms with Gasteiger partial charge in [0.25, 0.3) is 5.91 Å². The second kappa shape index (κ2) is 8.46. The standard InChI is InChI=1S/C19H24N2O4/c1-12-5-7-16(8-6-12)11-20-19(23)15(4)24-18(22)10-9-17-13(2)21-25-14(17)3/h5-8,15H,9-11H2,1-4H3,(H,20,23)/t15-/m0/s1. The van der Waals surface area contributed by atoms with Crippen molar-refractivity contribution >= 4 is 11.9 Å². The number of amides is 1. The maximum absolute atomic E-state index is 12.0. The Balaban J connectivity index is 1.76. The molecule has 0 fully saturated rings. The van der Waals surface area contributed by atoms with Crippen LogP contribution < -0.4 is 5.32 Å². The minimum atomic E-state index is -0.831. The summed E-state index contributed by atoms with van der Waals surface area (Å²) in [5, 5.41) is 6.62. The molecule has 1 atom stereocenters. The topological polar surface area (TPSA) is 81.4 Å². The highest BCUT2D eigenvalue weighted by Crippen LogP contribution is 2.14. The van der Waals surface area contributed by atoms with Crippen LogP contribution in [-0.2, 0) is 27.3 Å². The maximum atomic E-state index is 12.0. The summed E-state index contributed by atoms with van der Waals surface area (Å²) < 4.78 is 10.3. The van der Waals surface area contributed by atoms with E-state index < -0.39 is 12.1 Å². The van der Waals surface area contributed by atoms with Gasteiger partial charge in [0.05, 0.1) is 5.69 Å². The SMILES string of the molecule is Cc1ccc(CNC(=O)[C@H](C)OC(=O)CCc2c(C)noc2C)cc1. The van der Waals surface area contributed by atoms with E-state index in [2.05, 4.69) is 10.5 Å². The highest BCUT2D eigenvalue weighted by molar-refractivity contribution is 5.83. The molecule has 2 aromatic rings. The lowest BCUT2D eigenvalue weighted by Crippen LogP contribution is -2.35. The molecule has 0 aliphatic rings. The van der Waals surface area contributed by atoms with Crippen molar-refractivity contribution in [2.45, 2.75) is 53.2 Å². The molecule has 0 aliphatic carbocycles. The summed E-state index contributed by atoms with van der Waals surface area (Å²) in [6.45, 7) is 7.62. The molecule has 6 nitrogen and oxygen atoms in total. The number of rotatable bonds is 7. The number of aromatic nitrogens is 1. The average Bonchev–Trinajstić information content (AvgIpc) is 2.90. The van der Waals surface area contributed by atoms with Crippen LogP contribution >= 0.6 is 0 Å². The lowest BCUT2D eigenvalue weighted by atomic mass is 10.1. The van der Waals surface area contributed by atoms with Crippen molar-refractivity contribution in [1.82, 2.24) is 10.5 Å². The van der Waals surface area contributed by atoms with Gasteiger partial charge in [-0.05, 0) is 39.7 Å². The zero-order valence-corrected chi connectivity index (χ0v) is 15.1. The minimum absolute atomic E-state index is 0.179. The highest BCUT2D eigenvalue weighted by atomic mass is 16.5. The lowest BCUT2D eigenvalue weighted by molar-refractivity contribution is -0.154. The molecule has 25 heavy (non-hydrogen) atoms. The third-order valence-electron chi connectivity index (χ3n) is 4.03. The second-order valence-corrected chi connectivity index (χ2v) is 6.14. The number of nitrogens with one attached hydrogen (secondary N) is 1. The Morgan fingerprint density at radius 2 is 1.88 bits per heavy atom. The lowest BCUT2D eigenvalue weighted by Gasteiger charge is -2.13. The quantitative estimate of drug-likeness (QED) is 0.781. The van der Waals surface area contributed by atoms with Gasteiger partial charge in [0, 0.05) is 18.5 Å². The molecule has 1 aromatic carbocycles. The van der Waals surface area contributed by atoms with Crippen molar-refractivity contribution in [3.8, 4) is 0 Å². The van der Waals surface area contributed by atoms with Gasteiger partial charge in [0.15, 0.2) is 6.10 Å². The molecule has 134 valence electrons. The molecule has 1 amide bonds. The van der Waals surface area contributed by atoms with E-state index in [1.54, 1.807) is 6.92 Å². The fourth-order valence-corrected chi connectivity index (χ4v) is 2.43. The average molecular weight is 344 g/mol. The van der Waals surface area contributed by atoms with E-state index in [9.17, 15) is 9.59 Å². The number of carbonyl (C=O) groups is 2. The number of benzene rings is 1. The van der Waals surface area contributed by atoms with Gasteiger partial charge >= 0.3 is 5.97 Å². The van der Waals surface area contributed by atoms with Crippen LogP contribution in [0.4, 0.5) is 0 Å². The Morgan fingerprint density at radius 3 is 2.48 bits per heavy atom. The molecule has 0 radical (unpaired) electrons. The van der Waals surface area contributed by atoms with E-state index in [0.717, 1.165) is 22.4 Å². The van der Waals surface area contributed by atoms with E-state index >= 15 is 0 Å². The van der Waals surface area contributed by atoms with Crippen molar-refractivity contribution in [2.24, 2.45) is 0 Å². The van der Waals surface area contributed by atoms with Gasteiger partial charge in [-0.25, -0.2) is 0 Å². The minimum Gasteiger partial charge on any atom is -0.453 e. The summed E-state index contributed by atoms with van der Waals surface area (Å²) in [7, 11) is 0. The monoisotopic (exact) mass is 344 g/mol. The van der Waals surface area contributed by atoms with Gasteiger partial charge < -0.3 is 14.6 Å². The molecule has 0 bridgehead atoms. The molecule has 6 heteroatoms. The highest BCUT2D eigenvalue weighted by Gasteiger charge is 2.18. The third-order valence-corrected chi connectivity index (χ3v) is 4.03. The Bertz CT molecular complexity index is 715. The summed E-state index contributed by atoms with van der Waals surface area (Å²) >= 11 is 0. The number of carbonyl (C=O) groups excluding carboxylic acids is 2. The number of ether oxygens (including phenoxy) is 1. The van der Waals surface area contributed by atoms with Gasteiger partial charge in [-0.1, -0.05) is 35.0 Å². The summed E-state index contributed by atoms with van der Waals surface area (Å²) in [5.41, 5.74) is 3.84. The first-order valence-electron chi connectivity index (χ1n) is 8.31. The van der Waals surface area contributed by atoms with Crippen molar-refractivity contribution in [3.63, 3.8) is 0 Å². The zero-order chi connectivity index (χ0) is 18.4. The molecule has 0 unspecified atom stereocenters. The number of esters is 1. The molecular formula is C19H24N2O4. The molecule has 0 saturated carbocycles. The van der Waals surface area contributed by atoms with Gasteiger partial charge in [-0.2, -0.15) is 0 Å². The van der Waals surface area contributed by atoms with E-state index in [-0.39, 0.29) is 12.3 Å². The molecule has 0 spiro atoms. The van der Waals surface area contributed by atoms with E-state index in [1.165, 1.54) is 0 Å². The van der Waals surface area contributed by atoms with Crippen LogP contribution in [0.15, 0.2) is 28.8 Å². The molecule has 0 aliphatic heterocycles. The van der Waals surface area contributed by atoms with Crippen LogP contribution in [0.3, 0.4) is 0 Å². The second-order valence-electron chi connectivity index (χ2n) is 6.14. The molecular weight excluding hydrogens is 320 g/mol. The van der Waals surface area contributed by atoms with Gasteiger partial charge in [-0.15, -0.1) is 0 Å². The van der Waals surface area contributed by atoms with Crippen LogP contribution in [0.1, 0.15) is 41.5 Å². The number of hydrogen-bond acceptors (Lipinski definition) is 5. The maximum Gasteiger partial charge on any atom is 0.306 e. The Hall–Kier alpha value is -2.63. The Kier molecular flexibility index (Phi) is 6.33. The van der Waals surface area contributed by atoms with Crippen LogP contribution in [0, 0.1) is 20.8 Å². The summed E-state index contributed by atoms with van der Waals surface area (Å²) in [4.78, 5) is 24.0. The molecule has 0 saturated heterocycles. The van der Waals surface area contributed by atoms with E-state index in [4.69, 9.17) is 9.26 Å². The largest absolute Gasteiger partial charge is 0.453 e. The van der Waals surface area contributed by atoms with Crippen molar-refractivity contribution in [1.29, 1.82) is 0 Å². The molecule has 1 heterocycles. The van der Waals surface area contributed by atoms with Gasteiger partial charge in [0.2, 0.25) is 0 Å². The first-order valence-corrected chi connectivity index (χ1v) is 8.31. The predicted molar refractivity (Wildman–Crippen MR) is 92.9 cm³/mol. The smallest absolute Gasteiger partial charge is 0.306 e. The Morgan fingerprint density at radius 1 is 1.20 bits per heavy atom. The summed E-state index contributed by atoms with van der Waals surface area (Å²) in [5.74, 6) is -0.0292. The fourth-order valence-electron chi connectivity index (χ4n) is 2.43. The number of aryl methyl sites for hydroxylation is 3. The van der Waals surface area contributed by atoms with Crippen LogP contribution in [0.25, 0.3) is 0 Å². The molecule has 1 N–H and O–H groups in total. The Labute approximate surface area is 147 Å². The summed E-state index contributed by atoms with van der Waals surface area (Å²) in [6, 6.07) is 7.88. The zero-order valence-electron chi connectivity index (χ0n) is 15.1. The number of nitrogens with zero attached hydrogens (tertiary/aromatic N) is 1. The summed E-state index contributed by atoms with van der Waals surface area (Å²) in [6.07, 6.45) is -0.168. The van der Waals surface area contributed by atoms with Gasteiger partial charge in [-0.3, -0.25) is 9.59 Å².